The second-order valence-corrected chi connectivity index (χ2v) is 7.95. The fourth-order valence-corrected chi connectivity index (χ4v) is 4.17. The van der Waals surface area contributed by atoms with Crippen molar-refractivity contribution in [1.82, 2.24) is 4.90 Å². The summed E-state index contributed by atoms with van der Waals surface area (Å²) in [5.74, 6) is -2.85. The second-order valence-electron chi connectivity index (χ2n) is 7.55. The first-order chi connectivity index (χ1) is 11.6. The highest BCUT2D eigenvalue weighted by atomic mass is 35.5. The van der Waals surface area contributed by atoms with Gasteiger partial charge < -0.3 is 10.6 Å². The molecule has 4 nitrogen and oxygen atoms in total. The van der Waals surface area contributed by atoms with Gasteiger partial charge in [0.2, 0.25) is 0 Å². The summed E-state index contributed by atoms with van der Waals surface area (Å²) in [7, 11) is 0. The van der Waals surface area contributed by atoms with Crippen molar-refractivity contribution in [3.63, 3.8) is 0 Å². The van der Waals surface area contributed by atoms with Crippen LogP contribution in [0.4, 0.5) is 8.78 Å². The molecule has 1 amide bonds. The zero-order valence-electron chi connectivity index (χ0n) is 14.0. The molecule has 25 heavy (non-hydrogen) atoms. The number of Topliss-reactive ketones (excluding diaryl/α,β-unsaturated/α-hetero) is 1. The summed E-state index contributed by atoms with van der Waals surface area (Å²) in [5, 5.41) is -0.299. The Balaban J connectivity index is 1.90. The summed E-state index contributed by atoms with van der Waals surface area (Å²) in [6.07, 6.45) is 2.82. The van der Waals surface area contributed by atoms with Crippen LogP contribution < -0.4 is 5.73 Å². The van der Waals surface area contributed by atoms with Crippen LogP contribution in [0.25, 0.3) is 0 Å². The van der Waals surface area contributed by atoms with Crippen LogP contribution in [0.5, 0.6) is 0 Å². The zero-order valence-corrected chi connectivity index (χ0v) is 14.8. The van der Waals surface area contributed by atoms with E-state index in [4.69, 9.17) is 17.3 Å². The highest BCUT2D eigenvalue weighted by molar-refractivity contribution is 6.31. The lowest BCUT2D eigenvalue weighted by atomic mass is 9.65. The Bertz CT molecular complexity index is 807. The van der Waals surface area contributed by atoms with Crippen LogP contribution >= 0.6 is 11.6 Å². The number of ketones is 1. The van der Waals surface area contributed by atoms with Crippen molar-refractivity contribution in [3.05, 3.63) is 46.1 Å². The molecule has 2 N–H and O–H groups in total. The van der Waals surface area contributed by atoms with Gasteiger partial charge in [-0.2, -0.15) is 0 Å². The van der Waals surface area contributed by atoms with Gasteiger partial charge in [0, 0.05) is 23.9 Å². The lowest BCUT2D eigenvalue weighted by Crippen LogP contribution is -2.42. The minimum absolute atomic E-state index is 0.116. The topological polar surface area (TPSA) is 63.4 Å². The molecule has 1 aliphatic carbocycles. The van der Waals surface area contributed by atoms with Gasteiger partial charge in [-0.1, -0.05) is 25.4 Å². The maximum Gasteiger partial charge on any atom is 0.259 e. The Morgan fingerprint density at radius 3 is 2.64 bits per heavy atom. The largest absolute Gasteiger partial charge is 0.396 e. The fraction of sp³-hybridized carbons (Fsp3) is 0.444. The SMILES string of the molecule is CC1(C)C[C@]2(C=C(N)C1=O)CCN(C(=O)c1c(F)ccc(Cl)c1F)C2. The Morgan fingerprint density at radius 2 is 2.00 bits per heavy atom. The quantitative estimate of drug-likeness (QED) is 0.774. The number of allylic oxidation sites excluding steroid dienone is 1. The van der Waals surface area contributed by atoms with Gasteiger partial charge in [-0.15, -0.1) is 0 Å². The number of hydrogen-bond acceptors (Lipinski definition) is 3. The Hall–Kier alpha value is -1.95. The minimum Gasteiger partial charge on any atom is -0.396 e. The van der Waals surface area contributed by atoms with E-state index in [9.17, 15) is 18.4 Å². The number of hydrogen-bond donors (Lipinski definition) is 1. The van der Waals surface area contributed by atoms with Crippen molar-refractivity contribution >= 4 is 23.3 Å². The van der Waals surface area contributed by atoms with E-state index in [1.54, 1.807) is 6.08 Å². The number of nitrogens with two attached hydrogens (primary N) is 1. The molecule has 0 unspecified atom stereocenters. The molecule has 1 aromatic rings. The third-order valence-electron chi connectivity index (χ3n) is 5.06. The molecule has 2 aliphatic rings. The first-order valence-electron chi connectivity index (χ1n) is 8.02. The average Bonchev–Trinajstić information content (AvgIpc) is 2.92. The highest BCUT2D eigenvalue weighted by Crippen LogP contribution is 2.47. The second kappa shape index (κ2) is 5.80. The average molecular weight is 369 g/mol. The van der Waals surface area contributed by atoms with Crippen molar-refractivity contribution in [2.24, 2.45) is 16.6 Å². The Morgan fingerprint density at radius 1 is 1.32 bits per heavy atom. The van der Waals surface area contributed by atoms with E-state index in [-0.39, 0.29) is 23.0 Å². The lowest BCUT2D eigenvalue weighted by molar-refractivity contribution is -0.125. The van der Waals surface area contributed by atoms with Crippen LogP contribution in [-0.2, 0) is 4.79 Å². The van der Waals surface area contributed by atoms with Crippen LogP contribution in [0, 0.1) is 22.5 Å². The van der Waals surface area contributed by atoms with E-state index in [0.717, 1.165) is 12.1 Å². The number of benzene rings is 1. The maximum atomic E-state index is 14.1. The maximum absolute atomic E-state index is 14.1. The van der Waals surface area contributed by atoms with Crippen LogP contribution in [-0.4, -0.2) is 29.7 Å². The van der Waals surface area contributed by atoms with E-state index < -0.39 is 33.9 Å². The van der Waals surface area contributed by atoms with Gasteiger partial charge in [0.1, 0.15) is 11.4 Å². The molecule has 0 aromatic heterocycles. The van der Waals surface area contributed by atoms with E-state index in [1.165, 1.54) is 4.90 Å². The van der Waals surface area contributed by atoms with Crippen molar-refractivity contribution in [2.75, 3.05) is 13.1 Å². The molecule has 1 heterocycles. The third kappa shape index (κ3) is 2.92. The molecule has 1 aromatic carbocycles. The van der Waals surface area contributed by atoms with E-state index in [1.807, 2.05) is 13.8 Å². The molecule has 134 valence electrons. The normalized spacial score (nSPS) is 25.4. The molecule has 1 saturated heterocycles. The van der Waals surface area contributed by atoms with Gasteiger partial charge in [-0.05, 0) is 31.1 Å². The van der Waals surface area contributed by atoms with Crippen molar-refractivity contribution < 1.29 is 18.4 Å². The molecule has 1 spiro atoms. The van der Waals surface area contributed by atoms with Gasteiger partial charge >= 0.3 is 0 Å². The number of halogens is 3. The van der Waals surface area contributed by atoms with Crippen LogP contribution in [0.1, 0.15) is 37.0 Å². The van der Waals surface area contributed by atoms with Crippen molar-refractivity contribution in [3.8, 4) is 0 Å². The van der Waals surface area contributed by atoms with Crippen molar-refractivity contribution in [1.29, 1.82) is 0 Å². The van der Waals surface area contributed by atoms with Crippen LogP contribution in [0.15, 0.2) is 23.9 Å². The molecule has 1 fully saturated rings. The van der Waals surface area contributed by atoms with Crippen LogP contribution in [0.2, 0.25) is 5.02 Å². The van der Waals surface area contributed by atoms with E-state index in [0.29, 0.717) is 19.4 Å². The van der Waals surface area contributed by atoms with Gasteiger partial charge in [0.25, 0.3) is 5.91 Å². The summed E-state index contributed by atoms with van der Waals surface area (Å²) in [6, 6.07) is 2.05. The first kappa shape index (κ1) is 17.9. The van der Waals surface area contributed by atoms with Gasteiger partial charge in [-0.25, -0.2) is 8.78 Å². The van der Waals surface area contributed by atoms with E-state index in [2.05, 4.69) is 0 Å². The molecule has 1 aliphatic heterocycles. The van der Waals surface area contributed by atoms with Gasteiger partial charge in [-0.3, -0.25) is 9.59 Å². The number of amides is 1. The number of nitrogens with zero attached hydrogens (tertiary/aromatic N) is 1. The first-order valence-corrected chi connectivity index (χ1v) is 8.40. The smallest absolute Gasteiger partial charge is 0.259 e. The standard InChI is InChI=1S/C18H19ClF2N2O2/c1-17(2)8-18(7-12(22)15(17)24)5-6-23(9-18)16(25)13-11(20)4-3-10(19)14(13)21/h3-4,7H,5-6,8-9,22H2,1-2H3/t18-/m1/s1. The molecule has 7 heteroatoms. The number of likely N-dealkylation sites (tertiary alicyclic amines) is 1. The molecule has 3 rings (SSSR count). The third-order valence-corrected chi connectivity index (χ3v) is 5.35. The lowest BCUT2D eigenvalue weighted by Gasteiger charge is -2.39. The summed E-state index contributed by atoms with van der Waals surface area (Å²) < 4.78 is 28.1. The number of carbonyl (C=O) groups excluding carboxylic acids is 2. The summed E-state index contributed by atoms with van der Waals surface area (Å²) in [6.45, 7) is 4.22. The van der Waals surface area contributed by atoms with E-state index >= 15 is 0 Å². The molecule has 0 radical (unpaired) electrons. The molecule has 1 atom stereocenters. The van der Waals surface area contributed by atoms with Gasteiger partial charge in [0.05, 0.1) is 10.7 Å². The Labute approximate surface area is 149 Å². The summed E-state index contributed by atoms with van der Waals surface area (Å²) in [4.78, 5) is 26.2. The summed E-state index contributed by atoms with van der Waals surface area (Å²) >= 11 is 5.68. The van der Waals surface area contributed by atoms with Crippen molar-refractivity contribution in [2.45, 2.75) is 26.7 Å². The molecular weight excluding hydrogens is 350 g/mol. The zero-order chi connectivity index (χ0) is 18.6. The predicted molar refractivity (Wildman–Crippen MR) is 90.0 cm³/mol. The minimum atomic E-state index is -1.05. The Kier molecular flexibility index (Phi) is 4.14. The monoisotopic (exact) mass is 368 g/mol. The number of carbonyl (C=O) groups is 2. The fourth-order valence-electron chi connectivity index (χ4n) is 4.01. The predicted octanol–water partition coefficient (Wildman–Crippen LogP) is 3.29. The molecule has 0 saturated carbocycles. The number of rotatable bonds is 1. The summed E-state index contributed by atoms with van der Waals surface area (Å²) in [5.41, 5.74) is 4.33. The van der Waals surface area contributed by atoms with Crippen LogP contribution in [0.3, 0.4) is 0 Å². The molecular formula is C18H19ClF2N2O2. The molecule has 0 bridgehead atoms. The van der Waals surface area contributed by atoms with Gasteiger partial charge in [0.15, 0.2) is 11.6 Å². The highest BCUT2D eigenvalue weighted by Gasteiger charge is 2.48.